The summed E-state index contributed by atoms with van der Waals surface area (Å²) in [5.41, 5.74) is 0. The van der Waals surface area contributed by atoms with Crippen molar-refractivity contribution in [1.82, 2.24) is 0 Å². The van der Waals surface area contributed by atoms with Gasteiger partial charge in [0, 0.05) is 0 Å². The van der Waals surface area contributed by atoms with Crippen LogP contribution in [0.5, 0.6) is 0 Å². The number of rotatable bonds is 15. The van der Waals surface area contributed by atoms with Crippen LogP contribution in [0.15, 0.2) is 0 Å². The fraction of sp³-hybridized carbons (Fsp3) is 1.00. The monoisotopic (exact) mass is 336 g/mol. The molecule has 0 aliphatic heterocycles. The second-order valence-corrected chi connectivity index (χ2v) is 8.12. The highest BCUT2D eigenvalue weighted by molar-refractivity contribution is 7.86. The van der Waals surface area contributed by atoms with Gasteiger partial charge in [0.05, 0.1) is 11.4 Å². The lowest BCUT2D eigenvalue weighted by Crippen LogP contribution is -2.20. The van der Waals surface area contributed by atoms with Crippen LogP contribution in [0.3, 0.4) is 0 Å². The average Bonchev–Trinajstić information content (AvgIpc) is 2.45. The SMILES string of the molecule is CCCCC(O)CCCCCCCCC(CCC)S(=O)(=O)O. The Morgan fingerprint density at radius 3 is 1.73 bits per heavy atom. The topological polar surface area (TPSA) is 74.6 Å². The number of aliphatic hydroxyl groups is 1. The van der Waals surface area contributed by atoms with Gasteiger partial charge in [0.25, 0.3) is 10.1 Å². The molecule has 22 heavy (non-hydrogen) atoms. The third kappa shape index (κ3) is 12.4. The van der Waals surface area contributed by atoms with Crippen molar-refractivity contribution in [2.45, 2.75) is 109 Å². The van der Waals surface area contributed by atoms with Gasteiger partial charge in [-0.3, -0.25) is 4.55 Å². The van der Waals surface area contributed by atoms with Crippen molar-refractivity contribution >= 4 is 10.1 Å². The molecule has 0 fully saturated rings. The predicted molar refractivity (Wildman–Crippen MR) is 92.7 cm³/mol. The molecule has 0 rings (SSSR count). The first-order chi connectivity index (χ1) is 10.4. The molecular formula is C17H36O4S. The van der Waals surface area contributed by atoms with Crippen molar-refractivity contribution in [2.75, 3.05) is 0 Å². The van der Waals surface area contributed by atoms with Crippen LogP contribution in [0.1, 0.15) is 97.3 Å². The Morgan fingerprint density at radius 1 is 0.727 bits per heavy atom. The Bertz CT molecular complexity index is 341. The number of hydrogen-bond donors (Lipinski definition) is 2. The van der Waals surface area contributed by atoms with Crippen LogP contribution >= 0.6 is 0 Å². The number of aliphatic hydroxyl groups excluding tert-OH is 1. The molecule has 0 radical (unpaired) electrons. The lowest BCUT2D eigenvalue weighted by molar-refractivity contribution is 0.148. The van der Waals surface area contributed by atoms with Crippen LogP contribution in [-0.2, 0) is 10.1 Å². The van der Waals surface area contributed by atoms with Gasteiger partial charge in [-0.05, 0) is 25.7 Å². The van der Waals surface area contributed by atoms with E-state index in [1.807, 2.05) is 6.92 Å². The Kier molecular flexibility index (Phi) is 13.2. The van der Waals surface area contributed by atoms with Crippen LogP contribution in [0, 0.1) is 0 Å². The standard InChI is InChI=1S/C17H36O4S/c1-3-5-13-16(18)14-10-8-6-7-9-11-15-17(12-4-2)22(19,20)21/h16-18H,3-15H2,1-2H3,(H,19,20,21). The molecule has 0 bridgehead atoms. The van der Waals surface area contributed by atoms with E-state index >= 15 is 0 Å². The maximum absolute atomic E-state index is 11.2. The third-order valence-electron chi connectivity index (χ3n) is 4.24. The highest BCUT2D eigenvalue weighted by Crippen LogP contribution is 2.17. The van der Waals surface area contributed by atoms with Crippen molar-refractivity contribution in [3.8, 4) is 0 Å². The molecule has 0 aliphatic rings. The van der Waals surface area contributed by atoms with Crippen LogP contribution in [0.2, 0.25) is 0 Å². The summed E-state index contributed by atoms with van der Waals surface area (Å²) in [5, 5.41) is 9.15. The van der Waals surface area contributed by atoms with Crippen molar-refractivity contribution in [1.29, 1.82) is 0 Å². The van der Waals surface area contributed by atoms with Gasteiger partial charge in [-0.25, -0.2) is 0 Å². The molecule has 0 aromatic rings. The highest BCUT2D eigenvalue weighted by Gasteiger charge is 2.20. The Balaban J connectivity index is 3.53. The minimum atomic E-state index is -3.87. The summed E-state index contributed by atoms with van der Waals surface area (Å²) in [6.45, 7) is 4.08. The maximum Gasteiger partial charge on any atom is 0.267 e. The van der Waals surface area contributed by atoms with Gasteiger partial charge < -0.3 is 5.11 Å². The first-order valence-electron chi connectivity index (χ1n) is 9.06. The van der Waals surface area contributed by atoms with Crippen molar-refractivity contribution in [2.24, 2.45) is 0 Å². The normalized spacial score (nSPS) is 14.9. The molecule has 4 nitrogen and oxygen atoms in total. The molecule has 0 aliphatic carbocycles. The Hall–Kier alpha value is -0.130. The average molecular weight is 337 g/mol. The maximum atomic E-state index is 11.2. The summed E-state index contributed by atoms with van der Waals surface area (Å²) in [6, 6.07) is 0. The number of unbranched alkanes of at least 4 members (excludes halogenated alkanes) is 6. The first-order valence-corrected chi connectivity index (χ1v) is 10.6. The summed E-state index contributed by atoms with van der Waals surface area (Å²) in [4.78, 5) is 0. The lowest BCUT2D eigenvalue weighted by Gasteiger charge is -2.12. The molecule has 2 unspecified atom stereocenters. The van der Waals surface area contributed by atoms with E-state index in [-0.39, 0.29) is 6.10 Å². The van der Waals surface area contributed by atoms with Crippen LogP contribution in [-0.4, -0.2) is 29.4 Å². The van der Waals surface area contributed by atoms with Gasteiger partial charge in [0.2, 0.25) is 0 Å². The molecule has 0 saturated carbocycles. The van der Waals surface area contributed by atoms with E-state index in [0.717, 1.165) is 70.6 Å². The first kappa shape index (κ1) is 21.9. The molecule has 0 aromatic heterocycles. The summed E-state index contributed by atoms with van der Waals surface area (Å²) < 4.78 is 31.5. The minimum absolute atomic E-state index is 0.135. The van der Waals surface area contributed by atoms with Crippen LogP contribution < -0.4 is 0 Å². The zero-order valence-corrected chi connectivity index (χ0v) is 15.3. The molecule has 2 atom stereocenters. The zero-order chi connectivity index (χ0) is 16.8. The minimum Gasteiger partial charge on any atom is -0.393 e. The molecule has 0 saturated heterocycles. The quantitative estimate of drug-likeness (QED) is 0.335. The van der Waals surface area contributed by atoms with Gasteiger partial charge in [0.15, 0.2) is 0 Å². The predicted octanol–water partition coefficient (Wildman–Crippen LogP) is 4.71. The molecule has 0 aromatic carbocycles. The zero-order valence-electron chi connectivity index (χ0n) is 14.5. The largest absolute Gasteiger partial charge is 0.393 e. The van der Waals surface area contributed by atoms with E-state index in [9.17, 15) is 13.5 Å². The molecular weight excluding hydrogens is 300 g/mol. The smallest absolute Gasteiger partial charge is 0.267 e. The van der Waals surface area contributed by atoms with Gasteiger partial charge >= 0.3 is 0 Å². The third-order valence-corrected chi connectivity index (χ3v) is 5.55. The van der Waals surface area contributed by atoms with Gasteiger partial charge in [-0.2, -0.15) is 8.42 Å². The Morgan fingerprint density at radius 2 is 1.23 bits per heavy atom. The van der Waals surface area contributed by atoms with Crippen molar-refractivity contribution in [3.05, 3.63) is 0 Å². The summed E-state index contributed by atoms with van der Waals surface area (Å²) in [6.07, 6.45) is 12.2. The van der Waals surface area contributed by atoms with E-state index in [1.54, 1.807) is 0 Å². The summed E-state index contributed by atoms with van der Waals surface area (Å²) >= 11 is 0. The number of hydrogen-bond acceptors (Lipinski definition) is 3. The van der Waals surface area contributed by atoms with Gasteiger partial charge in [-0.15, -0.1) is 0 Å². The second-order valence-electron chi connectivity index (χ2n) is 6.42. The van der Waals surface area contributed by atoms with Gasteiger partial charge in [-0.1, -0.05) is 71.6 Å². The molecule has 0 heterocycles. The molecule has 2 N–H and O–H groups in total. The molecule has 0 amide bonds. The van der Waals surface area contributed by atoms with E-state index in [1.165, 1.54) is 0 Å². The lowest BCUT2D eigenvalue weighted by atomic mass is 10.0. The van der Waals surface area contributed by atoms with E-state index in [0.29, 0.717) is 12.8 Å². The van der Waals surface area contributed by atoms with E-state index < -0.39 is 15.4 Å². The van der Waals surface area contributed by atoms with E-state index in [4.69, 9.17) is 4.55 Å². The molecule has 0 spiro atoms. The molecule has 5 heteroatoms. The fourth-order valence-electron chi connectivity index (χ4n) is 2.81. The Labute approximate surface area is 137 Å². The molecule has 134 valence electrons. The summed E-state index contributed by atoms with van der Waals surface area (Å²) in [7, 11) is -3.87. The van der Waals surface area contributed by atoms with E-state index in [2.05, 4.69) is 6.92 Å². The van der Waals surface area contributed by atoms with Crippen molar-refractivity contribution < 1.29 is 18.1 Å². The summed E-state index contributed by atoms with van der Waals surface area (Å²) in [5.74, 6) is 0. The van der Waals surface area contributed by atoms with Gasteiger partial charge in [0.1, 0.15) is 0 Å². The highest BCUT2D eigenvalue weighted by atomic mass is 32.2. The van der Waals surface area contributed by atoms with Crippen molar-refractivity contribution in [3.63, 3.8) is 0 Å². The van der Waals surface area contributed by atoms with Crippen LogP contribution in [0.4, 0.5) is 0 Å². The fourth-order valence-corrected chi connectivity index (χ4v) is 3.81. The second kappa shape index (κ2) is 13.3. The van der Waals surface area contributed by atoms with Crippen LogP contribution in [0.25, 0.3) is 0 Å².